The second kappa shape index (κ2) is 11.7. The van der Waals surface area contributed by atoms with Crippen molar-refractivity contribution in [3.63, 3.8) is 0 Å². The molecule has 1 aromatic heterocycles. The molecule has 1 aliphatic heterocycles. The van der Waals surface area contributed by atoms with Gasteiger partial charge in [0.1, 0.15) is 17.2 Å². The third kappa shape index (κ3) is 6.61. The minimum absolute atomic E-state index is 0.0507. The molecule has 0 spiro atoms. The van der Waals surface area contributed by atoms with Crippen molar-refractivity contribution >= 4 is 29.1 Å². The van der Waals surface area contributed by atoms with E-state index in [1.54, 1.807) is 23.1 Å². The zero-order chi connectivity index (χ0) is 27.3. The third-order valence-corrected chi connectivity index (χ3v) is 7.21. The summed E-state index contributed by atoms with van der Waals surface area (Å²) in [6, 6.07) is 13.4. The third-order valence-electron chi connectivity index (χ3n) is 7.21. The Kier molecular flexibility index (Phi) is 8.84. The molecular formula is C29H40N6O2. The Bertz CT molecular complexity index is 1200. The van der Waals surface area contributed by atoms with Crippen molar-refractivity contribution < 1.29 is 9.59 Å². The number of hydrogen-bond acceptors (Lipinski definition) is 6. The lowest BCUT2D eigenvalue weighted by Gasteiger charge is -2.47. The molecular weight excluding hydrogens is 464 g/mol. The van der Waals surface area contributed by atoms with Gasteiger partial charge in [-0.2, -0.15) is 5.10 Å². The van der Waals surface area contributed by atoms with Crippen molar-refractivity contribution in [2.24, 2.45) is 16.1 Å². The summed E-state index contributed by atoms with van der Waals surface area (Å²) in [4.78, 5) is 34.6. The van der Waals surface area contributed by atoms with E-state index in [0.717, 1.165) is 12.1 Å². The number of rotatable bonds is 7. The lowest BCUT2D eigenvalue weighted by atomic mass is 9.94. The standard InChI is InChI=1S/C29H40N6O2/c1-8-20(3)26(33-32-22(5)21(4)23-12-9-11-19(2)17-23)28(37)35-16-15-34(18-29(35,6)7)27(36)24-13-10-14-25(30)31-24/h9-14,17,20-21H,8,15-16,18H2,1-7H3,(H2,30,31)/b32-22-,33-26-. The maximum Gasteiger partial charge on any atom is 0.272 e. The van der Waals surface area contributed by atoms with Crippen LogP contribution < -0.4 is 5.73 Å². The van der Waals surface area contributed by atoms with Crippen LogP contribution in [-0.2, 0) is 4.79 Å². The first-order valence-electron chi connectivity index (χ1n) is 13.0. The maximum atomic E-state index is 13.8. The van der Waals surface area contributed by atoms with Crippen LogP contribution in [0, 0.1) is 12.8 Å². The molecule has 2 unspecified atom stereocenters. The van der Waals surface area contributed by atoms with E-state index in [2.05, 4.69) is 47.2 Å². The first-order chi connectivity index (χ1) is 17.4. The maximum absolute atomic E-state index is 13.8. The SMILES string of the molecule is CCC(C)/C(=N/N=C(/C)C(C)c1cccc(C)c1)C(=O)N1CCN(C(=O)c2cccc(N)n2)CC1(C)C. The zero-order valence-corrected chi connectivity index (χ0v) is 23.2. The van der Waals surface area contributed by atoms with Gasteiger partial charge < -0.3 is 15.5 Å². The minimum atomic E-state index is -0.590. The molecule has 8 nitrogen and oxygen atoms in total. The number of nitrogens with zero attached hydrogens (tertiary/aromatic N) is 5. The van der Waals surface area contributed by atoms with Crippen molar-refractivity contribution in [3.8, 4) is 0 Å². The van der Waals surface area contributed by atoms with E-state index in [1.807, 2.05) is 45.6 Å². The summed E-state index contributed by atoms with van der Waals surface area (Å²) < 4.78 is 0. The van der Waals surface area contributed by atoms with E-state index < -0.39 is 5.54 Å². The smallest absolute Gasteiger partial charge is 0.272 e. The molecule has 37 heavy (non-hydrogen) atoms. The molecule has 3 rings (SSSR count). The number of amides is 2. The van der Waals surface area contributed by atoms with Gasteiger partial charge in [-0.3, -0.25) is 9.59 Å². The Morgan fingerprint density at radius 2 is 1.81 bits per heavy atom. The van der Waals surface area contributed by atoms with Gasteiger partial charge in [-0.1, -0.05) is 56.7 Å². The summed E-state index contributed by atoms with van der Waals surface area (Å²) in [6.07, 6.45) is 0.770. The largest absolute Gasteiger partial charge is 0.384 e. The number of carbonyl (C=O) groups excluding carboxylic acids is 2. The molecule has 0 aliphatic carbocycles. The summed E-state index contributed by atoms with van der Waals surface area (Å²) in [5.41, 5.74) is 9.15. The molecule has 0 bridgehead atoms. The highest BCUT2D eigenvalue weighted by Crippen LogP contribution is 2.25. The second-order valence-electron chi connectivity index (χ2n) is 10.6. The summed E-state index contributed by atoms with van der Waals surface area (Å²) in [5, 5.41) is 9.05. The van der Waals surface area contributed by atoms with E-state index in [1.165, 1.54) is 11.1 Å². The molecule has 2 aromatic rings. The van der Waals surface area contributed by atoms with Gasteiger partial charge in [0.05, 0.1) is 5.54 Å². The normalized spacial score (nSPS) is 17.9. The zero-order valence-electron chi connectivity index (χ0n) is 23.2. The van der Waals surface area contributed by atoms with Crippen LogP contribution in [0.15, 0.2) is 52.7 Å². The van der Waals surface area contributed by atoms with Gasteiger partial charge in [-0.15, -0.1) is 5.10 Å². The average molecular weight is 505 g/mol. The summed E-state index contributed by atoms with van der Waals surface area (Å²) >= 11 is 0. The topological polar surface area (TPSA) is 104 Å². The van der Waals surface area contributed by atoms with E-state index in [0.29, 0.717) is 36.9 Å². The van der Waals surface area contributed by atoms with Gasteiger partial charge in [-0.05, 0) is 51.8 Å². The number of anilines is 1. The second-order valence-corrected chi connectivity index (χ2v) is 10.6. The number of benzene rings is 1. The van der Waals surface area contributed by atoms with Crippen LogP contribution >= 0.6 is 0 Å². The monoisotopic (exact) mass is 504 g/mol. The van der Waals surface area contributed by atoms with Crippen LogP contribution in [0.25, 0.3) is 0 Å². The number of nitrogen functional groups attached to an aromatic ring is 1. The van der Waals surface area contributed by atoms with Gasteiger partial charge in [0.15, 0.2) is 0 Å². The number of piperazine rings is 1. The molecule has 198 valence electrons. The lowest BCUT2D eigenvalue weighted by molar-refractivity contribution is -0.132. The van der Waals surface area contributed by atoms with Crippen molar-refractivity contribution in [3.05, 3.63) is 59.3 Å². The number of nitrogens with two attached hydrogens (primary N) is 1. The van der Waals surface area contributed by atoms with Gasteiger partial charge in [0.25, 0.3) is 11.8 Å². The van der Waals surface area contributed by atoms with Gasteiger partial charge in [0.2, 0.25) is 0 Å². The van der Waals surface area contributed by atoms with Gasteiger partial charge in [-0.25, -0.2) is 4.98 Å². The van der Waals surface area contributed by atoms with Crippen LogP contribution in [0.3, 0.4) is 0 Å². The van der Waals surface area contributed by atoms with E-state index in [9.17, 15) is 9.59 Å². The van der Waals surface area contributed by atoms with Crippen LogP contribution in [0.4, 0.5) is 5.82 Å². The van der Waals surface area contributed by atoms with Gasteiger partial charge >= 0.3 is 0 Å². The predicted octanol–water partition coefficient (Wildman–Crippen LogP) is 4.70. The minimum Gasteiger partial charge on any atom is -0.384 e. The number of hydrogen-bond donors (Lipinski definition) is 1. The highest BCUT2D eigenvalue weighted by atomic mass is 16.2. The Morgan fingerprint density at radius 1 is 1.11 bits per heavy atom. The molecule has 2 heterocycles. The molecule has 0 saturated carbocycles. The first kappa shape index (κ1) is 28.0. The van der Waals surface area contributed by atoms with Crippen molar-refractivity contribution in [2.75, 3.05) is 25.4 Å². The van der Waals surface area contributed by atoms with Gasteiger partial charge in [0, 0.05) is 37.2 Å². The molecule has 2 atom stereocenters. The van der Waals surface area contributed by atoms with Crippen LogP contribution in [-0.4, -0.2) is 63.2 Å². The van der Waals surface area contributed by atoms with Crippen molar-refractivity contribution in [2.45, 2.75) is 66.3 Å². The lowest BCUT2D eigenvalue weighted by Crippen LogP contribution is -2.63. The number of pyridine rings is 1. The van der Waals surface area contributed by atoms with Crippen LogP contribution in [0.2, 0.25) is 0 Å². The quantitative estimate of drug-likeness (QED) is 0.436. The number of aryl methyl sites for hydroxylation is 1. The van der Waals surface area contributed by atoms with E-state index >= 15 is 0 Å². The van der Waals surface area contributed by atoms with Crippen molar-refractivity contribution in [1.82, 2.24) is 14.8 Å². The summed E-state index contributed by atoms with van der Waals surface area (Å²) in [6.45, 7) is 15.3. The number of carbonyl (C=O) groups is 2. The predicted molar refractivity (Wildman–Crippen MR) is 150 cm³/mol. The Labute approximate surface area is 220 Å². The van der Waals surface area contributed by atoms with Crippen LogP contribution in [0.1, 0.15) is 75.5 Å². The van der Waals surface area contributed by atoms with Crippen LogP contribution in [0.5, 0.6) is 0 Å². The molecule has 1 saturated heterocycles. The molecule has 2 amide bonds. The van der Waals surface area contributed by atoms with E-state index in [-0.39, 0.29) is 23.7 Å². The fraction of sp³-hybridized carbons (Fsp3) is 0.483. The fourth-order valence-corrected chi connectivity index (χ4v) is 4.52. The molecule has 1 aliphatic rings. The molecule has 1 fully saturated rings. The molecule has 2 N–H and O–H groups in total. The molecule has 1 aromatic carbocycles. The fourth-order valence-electron chi connectivity index (χ4n) is 4.52. The Hall–Kier alpha value is -3.55. The van der Waals surface area contributed by atoms with E-state index in [4.69, 9.17) is 5.73 Å². The average Bonchev–Trinajstić information content (AvgIpc) is 2.86. The first-order valence-corrected chi connectivity index (χ1v) is 13.0. The highest BCUT2D eigenvalue weighted by Gasteiger charge is 2.40. The number of aromatic nitrogens is 1. The molecule has 8 heteroatoms. The molecule has 0 radical (unpaired) electrons. The summed E-state index contributed by atoms with van der Waals surface area (Å²) in [7, 11) is 0. The highest BCUT2D eigenvalue weighted by molar-refractivity contribution is 6.39. The Morgan fingerprint density at radius 3 is 2.43 bits per heavy atom. The summed E-state index contributed by atoms with van der Waals surface area (Å²) in [5.74, 6) is 0.0247. The Balaban J connectivity index is 1.81. The van der Waals surface area contributed by atoms with Crippen molar-refractivity contribution in [1.29, 1.82) is 0 Å².